The van der Waals surface area contributed by atoms with Gasteiger partial charge in [0.25, 0.3) is 0 Å². The van der Waals surface area contributed by atoms with Gasteiger partial charge in [0.05, 0.1) is 5.60 Å². The molecule has 1 N–H and O–H groups in total. The summed E-state index contributed by atoms with van der Waals surface area (Å²) in [5.74, 6) is -0.100. The topological polar surface area (TPSA) is 20.2 Å². The standard InChI is InChI=1S/C11H13FO/c1-7-3-4-9(10(12)5-7)11(13)6-8(11)2/h3-5,8,13H,6H2,1-2H3. The third kappa shape index (κ3) is 1.25. The Bertz CT molecular complexity index is 348. The minimum Gasteiger partial charge on any atom is -0.385 e. The van der Waals surface area contributed by atoms with Crippen LogP contribution in [-0.4, -0.2) is 5.11 Å². The molecular formula is C11H13FO. The summed E-state index contributed by atoms with van der Waals surface area (Å²) in [6.45, 7) is 3.77. The van der Waals surface area contributed by atoms with Gasteiger partial charge in [-0.15, -0.1) is 0 Å². The van der Waals surface area contributed by atoms with Crippen molar-refractivity contribution in [3.8, 4) is 0 Å². The Morgan fingerprint density at radius 3 is 2.62 bits per heavy atom. The Labute approximate surface area is 77.2 Å². The van der Waals surface area contributed by atoms with Crippen LogP contribution in [0.2, 0.25) is 0 Å². The Balaban J connectivity index is 2.42. The van der Waals surface area contributed by atoms with Crippen LogP contribution in [-0.2, 0) is 5.60 Å². The second kappa shape index (κ2) is 2.55. The first-order chi connectivity index (χ1) is 6.04. The number of rotatable bonds is 1. The van der Waals surface area contributed by atoms with E-state index in [1.165, 1.54) is 6.07 Å². The van der Waals surface area contributed by atoms with Crippen molar-refractivity contribution in [2.75, 3.05) is 0 Å². The van der Waals surface area contributed by atoms with Gasteiger partial charge in [0.15, 0.2) is 0 Å². The Kier molecular flexibility index (Phi) is 1.70. The molecule has 2 atom stereocenters. The predicted molar refractivity (Wildman–Crippen MR) is 48.8 cm³/mol. The van der Waals surface area contributed by atoms with Crippen molar-refractivity contribution in [2.24, 2.45) is 5.92 Å². The van der Waals surface area contributed by atoms with Gasteiger partial charge in [0.1, 0.15) is 5.82 Å². The summed E-state index contributed by atoms with van der Waals surface area (Å²) in [7, 11) is 0. The molecule has 70 valence electrons. The number of halogens is 1. The van der Waals surface area contributed by atoms with E-state index in [2.05, 4.69) is 0 Å². The van der Waals surface area contributed by atoms with Gasteiger partial charge in [0, 0.05) is 5.56 Å². The maximum atomic E-state index is 13.4. The van der Waals surface area contributed by atoms with E-state index in [9.17, 15) is 9.50 Å². The highest BCUT2D eigenvalue weighted by molar-refractivity contribution is 5.33. The van der Waals surface area contributed by atoms with Gasteiger partial charge in [-0.3, -0.25) is 0 Å². The first-order valence-electron chi connectivity index (χ1n) is 4.53. The van der Waals surface area contributed by atoms with E-state index in [0.717, 1.165) is 5.56 Å². The van der Waals surface area contributed by atoms with Gasteiger partial charge in [-0.2, -0.15) is 0 Å². The second-order valence-corrected chi connectivity index (χ2v) is 4.01. The average Bonchev–Trinajstić information content (AvgIpc) is 2.59. The first-order valence-corrected chi connectivity index (χ1v) is 4.53. The minimum absolute atomic E-state index is 0.185. The molecule has 0 saturated heterocycles. The first kappa shape index (κ1) is 8.70. The van der Waals surface area contributed by atoms with Gasteiger partial charge in [-0.1, -0.05) is 19.1 Å². The molecule has 1 aromatic carbocycles. The lowest BCUT2D eigenvalue weighted by Gasteiger charge is -2.10. The van der Waals surface area contributed by atoms with E-state index in [4.69, 9.17) is 0 Å². The zero-order valence-electron chi connectivity index (χ0n) is 7.84. The number of aryl methyl sites for hydroxylation is 1. The zero-order chi connectivity index (χ0) is 9.64. The van der Waals surface area contributed by atoms with Crippen molar-refractivity contribution in [3.05, 3.63) is 35.1 Å². The molecule has 2 rings (SSSR count). The van der Waals surface area contributed by atoms with E-state index in [1.54, 1.807) is 6.07 Å². The molecule has 1 fully saturated rings. The molecule has 0 radical (unpaired) electrons. The van der Waals surface area contributed by atoms with Crippen molar-refractivity contribution in [1.29, 1.82) is 0 Å². The maximum absolute atomic E-state index is 13.4. The monoisotopic (exact) mass is 180 g/mol. The number of aliphatic hydroxyl groups is 1. The summed E-state index contributed by atoms with van der Waals surface area (Å²) in [4.78, 5) is 0. The van der Waals surface area contributed by atoms with Crippen molar-refractivity contribution < 1.29 is 9.50 Å². The quantitative estimate of drug-likeness (QED) is 0.703. The van der Waals surface area contributed by atoms with Crippen molar-refractivity contribution in [3.63, 3.8) is 0 Å². The molecule has 2 heteroatoms. The van der Waals surface area contributed by atoms with Crippen LogP contribution in [0.25, 0.3) is 0 Å². The van der Waals surface area contributed by atoms with Crippen LogP contribution in [0.1, 0.15) is 24.5 Å². The normalized spacial score (nSPS) is 31.8. The lowest BCUT2D eigenvalue weighted by Crippen LogP contribution is -2.10. The van der Waals surface area contributed by atoms with E-state index in [-0.39, 0.29) is 11.7 Å². The molecule has 1 nitrogen and oxygen atoms in total. The fraction of sp³-hybridized carbons (Fsp3) is 0.455. The van der Waals surface area contributed by atoms with Crippen LogP contribution in [0, 0.1) is 18.7 Å². The third-order valence-corrected chi connectivity index (χ3v) is 2.86. The average molecular weight is 180 g/mol. The van der Waals surface area contributed by atoms with Crippen LogP contribution >= 0.6 is 0 Å². The van der Waals surface area contributed by atoms with Gasteiger partial charge in [-0.25, -0.2) is 4.39 Å². The molecule has 2 unspecified atom stereocenters. The summed E-state index contributed by atoms with van der Waals surface area (Å²) >= 11 is 0. The zero-order valence-corrected chi connectivity index (χ0v) is 7.84. The lowest BCUT2D eigenvalue weighted by molar-refractivity contribution is 0.130. The van der Waals surface area contributed by atoms with Gasteiger partial charge in [-0.05, 0) is 30.9 Å². The molecule has 13 heavy (non-hydrogen) atoms. The number of hydrogen-bond donors (Lipinski definition) is 1. The van der Waals surface area contributed by atoms with Crippen LogP contribution in [0.5, 0.6) is 0 Å². The SMILES string of the molecule is Cc1ccc(C2(O)CC2C)c(F)c1. The van der Waals surface area contributed by atoms with E-state index >= 15 is 0 Å². The molecule has 0 aliphatic heterocycles. The van der Waals surface area contributed by atoms with Crippen molar-refractivity contribution in [1.82, 2.24) is 0 Å². The molecule has 1 saturated carbocycles. The number of benzene rings is 1. The van der Waals surface area contributed by atoms with Crippen LogP contribution < -0.4 is 0 Å². The molecular weight excluding hydrogens is 167 g/mol. The minimum atomic E-state index is -0.891. The highest BCUT2D eigenvalue weighted by Crippen LogP contribution is 2.52. The van der Waals surface area contributed by atoms with E-state index < -0.39 is 5.60 Å². The van der Waals surface area contributed by atoms with Crippen molar-refractivity contribution >= 4 is 0 Å². The van der Waals surface area contributed by atoms with Crippen LogP contribution in [0.4, 0.5) is 4.39 Å². The molecule has 0 amide bonds. The smallest absolute Gasteiger partial charge is 0.129 e. The summed E-state index contributed by atoms with van der Waals surface area (Å²) in [5.41, 5.74) is 0.446. The van der Waals surface area contributed by atoms with Crippen LogP contribution in [0.3, 0.4) is 0 Å². The molecule has 0 aromatic heterocycles. The Hall–Kier alpha value is -0.890. The predicted octanol–water partition coefficient (Wildman–Crippen LogP) is 2.36. The fourth-order valence-corrected chi connectivity index (χ4v) is 1.75. The fourth-order valence-electron chi connectivity index (χ4n) is 1.75. The highest BCUT2D eigenvalue weighted by atomic mass is 19.1. The highest BCUT2D eigenvalue weighted by Gasteiger charge is 2.52. The summed E-state index contributed by atoms with van der Waals surface area (Å²) < 4.78 is 13.4. The molecule has 1 aliphatic rings. The van der Waals surface area contributed by atoms with Crippen LogP contribution in [0.15, 0.2) is 18.2 Å². The second-order valence-electron chi connectivity index (χ2n) is 4.01. The summed E-state index contributed by atoms with van der Waals surface area (Å²) in [6.07, 6.45) is 0.674. The van der Waals surface area contributed by atoms with E-state index in [0.29, 0.717) is 12.0 Å². The third-order valence-electron chi connectivity index (χ3n) is 2.86. The molecule has 1 aliphatic carbocycles. The van der Waals surface area contributed by atoms with Crippen molar-refractivity contribution in [2.45, 2.75) is 25.9 Å². The maximum Gasteiger partial charge on any atom is 0.129 e. The van der Waals surface area contributed by atoms with Gasteiger partial charge in [0.2, 0.25) is 0 Å². The molecule has 0 spiro atoms. The summed E-state index contributed by atoms with van der Waals surface area (Å²) in [5, 5.41) is 9.90. The lowest BCUT2D eigenvalue weighted by atomic mass is 10.0. The number of hydrogen-bond acceptors (Lipinski definition) is 1. The van der Waals surface area contributed by atoms with E-state index in [1.807, 2.05) is 19.9 Å². The molecule has 0 bridgehead atoms. The molecule has 0 heterocycles. The largest absolute Gasteiger partial charge is 0.385 e. The Morgan fingerprint density at radius 1 is 1.54 bits per heavy atom. The molecule has 1 aromatic rings. The van der Waals surface area contributed by atoms with Gasteiger partial charge >= 0.3 is 0 Å². The summed E-state index contributed by atoms with van der Waals surface area (Å²) in [6, 6.07) is 4.99. The van der Waals surface area contributed by atoms with Gasteiger partial charge < -0.3 is 5.11 Å². The Morgan fingerprint density at radius 2 is 2.15 bits per heavy atom.